The SMILES string of the molecule is N#CC(Cc1cc2c(cc1F)-c1ccc(F)cc1CO2)NC(=O)[C@@H]1CNCCCCO1. The fourth-order valence-corrected chi connectivity index (χ4v) is 3.83. The number of hydrogen-bond donors (Lipinski definition) is 2. The summed E-state index contributed by atoms with van der Waals surface area (Å²) >= 11 is 0. The molecule has 6 nitrogen and oxygen atoms in total. The Morgan fingerprint density at radius 3 is 2.97 bits per heavy atom. The van der Waals surface area contributed by atoms with Gasteiger partial charge in [0.25, 0.3) is 5.91 Å². The third kappa shape index (κ3) is 4.84. The summed E-state index contributed by atoms with van der Waals surface area (Å²) in [5.74, 6) is -0.825. The van der Waals surface area contributed by atoms with Crippen LogP contribution in [0.1, 0.15) is 24.0 Å². The predicted molar refractivity (Wildman–Crippen MR) is 109 cm³/mol. The summed E-state index contributed by atoms with van der Waals surface area (Å²) in [4.78, 5) is 12.5. The van der Waals surface area contributed by atoms with Crippen molar-refractivity contribution in [1.82, 2.24) is 10.6 Å². The van der Waals surface area contributed by atoms with E-state index in [1.54, 1.807) is 12.1 Å². The molecular formula is C23H23F2N3O3. The Morgan fingerprint density at radius 1 is 1.26 bits per heavy atom. The number of fused-ring (bicyclic) bond motifs is 3. The minimum Gasteiger partial charge on any atom is -0.488 e. The van der Waals surface area contributed by atoms with Crippen LogP contribution in [0, 0.1) is 23.0 Å². The molecule has 1 amide bonds. The molecule has 162 valence electrons. The number of nitriles is 1. The van der Waals surface area contributed by atoms with E-state index in [4.69, 9.17) is 9.47 Å². The molecular weight excluding hydrogens is 404 g/mol. The Bertz CT molecular complexity index is 1010. The molecule has 0 radical (unpaired) electrons. The number of ether oxygens (including phenoxy) is 2. The molecule has 8 heteroatoms. The molecule has 1 saturated heterocycles. The monoisotopic (exact) mass is 427 g/mol. The number of rotatable bonds is 4. The van der Waals surface area contributed by atoms with Crippen molar-refractivity contribution in [3.63, 3.8) is 0 Å². The van der Waals surface area contributed by atoms with E-state index in [1.807, 2.05) is 6.07 Å². The first-order valence-electron chi connectivity index (χ1n) is 10.3. The topological polar surface area (TPSA) is 83.4 Å². The smallest absolute Gasteiger partial charge is 0.251 e. The van der Waals surface area contributed by atoms with Crippen molar-refractivity contribution in [3.8, 4) is 22.9 Å². The molecule has 1 fully saturated rings. The second kappa shape index (κ2) is 9.41. The second-order valence-corrected chi connectivity index (χ2v) is 7.69. The lowest BCUT2D eigenvalue weighted by Gasteiger charge is -2.23. The first-order chi connectivity index (χ1) is 15.0. The van der Waals surface area contributed by atoms with Gasteiger partial charge < -0.3 is 20.1 Å². The van der Waals surface area contributed by atoms with Crippen molar-refractivity contribution >= 4 is 5.91 Å². The number of nitrogens with one attached hydrogen (secondary N) is 2. The predicted octanol–water partition coefficient (Wildman–Crippen LogP) is 2.84. The highest BCUT2D eigenvalue weighted by atomic mass is 19.1. The lowest BCUT2D eigenvalue weighted by Crippen LogP contribution is -2.47. The van der Waals surface area contributed by atoms with Gasteiger partial charge in [-0.05, 0) is 54.8 Å². The zero-order valence-electron chi connectivity index (χ0n) is 16.9. The van der Waals surface area contributed by atoms with Crippen molar-refractivity contribution < 1.29 is 23.0 Å². The summed E-state index contributed by atoms with van der Waals surface area (Å²) in [6, 6.07) is 8.28. The molecule has 1 unspecified atom stereocenters. The number of amides is 1. The third-order valence-electron chi connectivity index (χ3n) is 5.47. The summed E-state index contributed by atoms with van der Waals surface area (Å²) in [5.41, 5.74) is 2.16. The maximum atomic E-state index is 14.9. The van der Waals surface area contributed by atoms with Crippen LogP contribution < -0.4 is 15.4 Å². The molecule has 0 aromatic heterocycles. The van der Waals surface area contributed by atoms with Crippen molar-refractivity contribution in [2.45, 2.75) is 38.0 Å². The van der Waals surface area contributed by atoms with Crippen LogP contribution >= 0.6 is 0 Å². The number of benzene rings is 2. The van der Waals surface area contributed by atoms with E-state index in [0.29, 0.717) is 35.6 Å². The van der Waals surface area contributed by atoms with Crippen LogP contribution in [0.4, 0.5) is 8.78 Å². The number of carbonyl (C=O) groups is 1. The molecule has 0 aliphatic carbocycles. The fourth-order valence-electron chi connectivity index (χ4n) is 3.83. The van der Waals surface area contributed by atoms with Crippen molar-refractivity contribution in [2.24, 2.45) is 0 Å². The summed E-state index contributed by atoms with van der Waals surface area (Å²) in [6.07, 6.45) is 1.13. The molecule has 31 heavy (non-hydrogen) atoms. The van der Waals surface area contributed by atoms with E-state index in [9.17, 15) is 18.8 Å². The fraction of sp³-hybridized carbons (Fsp3) is 0.391. The van der Waals surface area contributed by atoms with E-state index >= 15 is 0 Å². The molecule has 2 N–H and O–H groups in total. The van der Waals surface area contributed by atoms with Gasteiger partial charge in [-0.3, -0.25) is 4.79 Å². The van der Waals surface area contributed by atoms with Crippen molar-refractivity contribution in [2.75, 3.05) is 19.7 Å². The number of nitrogens with zero attached hydrogens (tertiary/aromatic N) is 1. The zero-order chi connectivity index (χ0) is 21.8. The zero-order valence-corrected chi connectivity index (χ0v) is 16.9. The Kier molecular flexibility index (Phi) is 6.44. The van der Waals surface area contributed by atoms with E-state index in [-0.39, 0.29) is 24.4 Å². The number of carbonyl (C=O) groups excluding carboxylic acids is 1. The van der Waals surface area contributed by atoms with Crippen molar-refractivity contribution in [1.29, 1.82) is 5.26 Å². The van der Waals surface area contributed by atoms with Crippen LogP contribution in [-0.2, 0) is 22.6 Å². The molecule has 2 aromatic carbocycles. The first kappa shape index (κ1) is 21.2. The molecule has 2 aliphatic rings. The average Bonchev–Trinajstić information content (AvgIpc) is 2.73. The normalized spacial score (nSPS) is 18.9. The minimum absolute atomic E-state index is 0.0128. The summed E-state index contributed by atoms with van der Waals surface area (Å²) in [7, 11) is 0. The number of hydrogen-bond acceptors (Lipinski definition) is 5. The molecule has 0 saturated carbocycles. The van der Waals surface area contributed by atoms with Gasteiger partial charge in [-0.2, -0.15) is 5.26 Å². The van der Waals surface area contributed by atoms with Gasteiger partial charge in [-0.1, -0.05) is 6.07 Å². The standard InChI is InChI=1S/C23H23F2N3O3/c24-16-3-4-18-15(7-16)13-31-21-9-14(20(25)10-19(18)21)8-17(11-26)28-23(29)22-12-27-5-1-2-6-30-22/h3-4,7,9-10,17,22,27H,1-2,5-6,8,12-13H2,(H,28,29)/t17?,22-/m0/s1. The summed E-state index contributed by atoms with van der Waals surface area (Å²) < 4.78 is 39.6. The van der Waals surface area contributed by atoms with Crippen LogP contribution in [0.25, 0.3) is 11.1 Å². The summed E-state index contributed by atoms with van der Waals surface area (Å²) in [5, 5.41) is 15.3. The lowest BCUT2D eigenvalue weighted by atomic mass is 9.94. The molecule has 0 bridgehead atoms. The maximum Gasteiger partial charge on any atom is 0.251 e. The Labute approximate surface area is 179 Å². The van der Waals surface area contributed by atoms with Gasteiger partial charge in [0.1, 0.15) is 36.1 Å². The molecule has 0 spiro atoms. The van der Waals surface area contributed by atoms with Gasteiger partial charge in [0.05, 0.1) is 6.07 Å². The molecule has 2 heterocycles. The average molecular weight is 427 g/mol. The van der Waals surface area contributed by atoms with Gasteiger partial charge >= 0.3 is 0 Å². The van der Waals surface area contributed by atoms with E-state index in [2.05, 4.69) is 10.6 Å². The largest absolute Gasteiger partial charge is 0.488 e. The third-order valence-corrected chi connectivity index (χ3v) is 5.47. The maximum absolute atomic E-state index is 14.9. The van der Waals surface area contributed by atoms with E-state index in [0.717, 1.165) is 19.4 Å². The van der Waals surface area contributed by atoms with Gasteiger partial charge in [0, 0.05) is 30.7 Å². The second-order valence-electron chi connectivity index (χ2n) is 7.69. The van der Waals surface area contributed by atoms with Crippen LogP contribution in [0.5, 0.6) is 5.75 Å². The highest BCUT2D eigenvalue weighted by Crippen LogP contribution is 2.39. The van der Waals surface area contributed by atoms with Gasteiger partial charge in [0.15, 0.2) is 0 Å². The van der Waals surface area contributed by atoms with Crippen LogP contribution in [-0.4, -0.2) is 37.7 Å². The van der Waals surface area contributed by atoms with Gasteiger partial charge in [0.2, 0.25) is 0 Å². The molecule has 4 rings (SSSR count). The van der Waals surface area contributed by atoms with Crippen LogP contribution in [0.15, 0.2) is 30.3 Å². The van der Waals surface area contributed by atoms with E-state index < -0.39 is 23.9 Å². The lowest BCUT2D eigenvalue weighted by molar-refractivity contribution is -0.133. The number of halogens is 2. The molecule has 2 aliphatic heterocycles. The first-order valence-corrected chi connectivity index (χ1v) is 10.3. The quantitative estimate of drug-likeness (QED) is 0.784. The van der Waals surface area contributed by atoms with E-state index in [1.165, 1.54) is 18.2 Å². The Hall–Kier alpha value is -3.02. The molecule has 2 atom stereocenters. The summed E-state index contributed by atoms with van der Waals surface area (Å²) in [6.45, 7) is 1.84. The Balaban J connectivity index is 1.49. The molecule has 2 aromatic rings. The van der Waals surface area contributed by atoms with Gasteiger partial charge in [-0.15, -0.1) is 0 Å². The van der Waals surface area contributed by atoms with Crippen LogP contribution in [0.2, 0.25) is 0 Å². The van der Waals surface area contributed by atoms with Crippen LogP contribution in [0.3, 0.4) is 0 Å². The van der Waals surface area contributed by atoms with Crippen molar-refractivity contribution in [3.05, 3.63) is 53.1 Å². The van der Waals surface area contributed by atoms with Gasteiger partial charge in [-0.25, -0.2) is 8.78 Å². The highest BCUT2D eigenvalue weighted by Gasteiger charge is 2.25. The Morgan fingerprint density at radius 2 is 2.13 bits per heavy atom. The minimum atomic E-state index is -0.918. The highest BCUT2D eigenvalue weighted by molar-refractivity contribution is 5.81.